The predicted molar refractivity (Wildman–Crippen MR) is 68.1 cm³/mol. The molecule has 1 aliphatic rings. The van der Waals surface area contributed by atoms with Crippen molar-refractivity contribution in [2.75, 3.05) is 18.9 Å². The highest BCUT2D eigenvalue weighted by atomic mass is 16.5. The van der Waals surface area contributed by atoms with E-state index in [1.54, 1.807) is 24.3 Å². The number of rotatable bonds is 6. The third kappa shape index (κ3) is 3.92. The predicted octanol–water partition coefficient (Wildman–Crippen LogP) is 0.535. The summed E-state index contributed by atoms with van der Waals surface area (Å²) in [5.41, 5.74) is 6.19. The van der Waals surface area contributed by atoms with Gasteiger partial charge in [-0.1, -0.05) is 0 Å². The molecular weight excluding hydrogens is 232 g/mol. The first-order valence-corrected chi connectivity index (χ1v) is 6.08. The molecule has 1 unspecified atom stereocenters. The van der Waals surface area contributed by atoms with E-state index in [4.69, 9.17) is 10.5 Å². The van der Waals surface area contributed by atoms with E-state index in [9.17, 15) is 9.90 Å². The number of aliphatic hydroxyl groups excluding tert-OH is 1. The van der Waals surface area contributed by atoms with Gasteiger partial charge in [0.15, 0.2) is 6.61 Å². The second-order valence-electron chi connectivity index (χ2n) is 4.57. The summed E-state index contributed by atoms with van der Waals surface area (Å²) < 4.78 is 5.28. The number of carbonyl (C=O) groups is 1. The van der Waals surface area contributed by atoms with Crippen LogP contribution in [0.1, 0.15) is 12.8 Å². The molecule has 0 aromatic heterocycles. The molecule has 5 nitrogen and oxygen atoms in total. The van der Waals surface area contributed by atoms with Gasteiger partial charge in [-0.05, 0) is 43.0 Å². The quantitative estimate of drug-likeness (QED) is 0.643. The van der Waals surface area contributed by atoms with Crippen LogP contribution in [0.4, 0.5) is 5.69 Å². The molecule has 0 heterocycles. The Morgan fingerprint density at radius 3 is 2.72 bits per heavy atom. The van der Waals surface area contributed by atoms with Crippen LogP contribution in [0.15, 0.2) is 24.3 Å². The number of carbonyl (C=O) groups excluding carboxylic acids is 1. The number of amides is 1. The smallest absolute Gasteiger partial charge is 0.258 e. The first kappa shape index (κ1) is 12.7. The van der Waals surface area contributed by atoms with Crippen molar-refractivity contribution in [3.05, 3.63) is 24.3 Å². The van der Waals surface area contributed by atoms with E-state index >= 15 is 0 Å². The molecule has 1 aromatic carbocycles. The Labute approximate surface area is 106 Å². The molecule has 1 amide bonds. The molecule has 1 fully saturated rings. The number of benzene rings is 1. The average Bonchev–Trinajstić information content (AvgIpc) is 3.19. The van der Waals surface area contributed by atoms with Gasteiger partial charge < -0.3 is 20.9 Å². The van der Waals surface area contributed by atoms with Crippen LogP contribution in [-0.4, -0.2) is 30.3 Å². The molecule has 18 heavy (non-hydrogen) atoms. The number of hydrogen-bond acceptors (Lipinski definition) is 4. The molecule has 1 aromatic rings. The van der Waals surface area contributed by atoms with Crippen LogP contribution in [0.2, 0.25) is 0 Å². The lowest BCUT2D eigenvalue weighted by molar-refractivity contribution is -0.123. The van der Waals surface area contributed by atoms with E-state index in [1.807, 2.05) is 0 Å². The van der Waals surface area contributed by atoms with E-state index in [2.05, 4.69) is 5.32 Å². The standard InChI is InChI=1S/C13H18N2O3/c14-10-3-5-11(6-4-10)18-8-13(17)15-7-12(16)9-1-2-9/h3-6,9,12,16H,1-2,7-8,14H2,(H,15,17). The third-order valence-electron chi connectivity index (χ3n) is 2.92. The fraction of sp³-hybridized carbons (Fsp3) is 0.462. The number of nitrogens with two attached hydrogens (primary N) is 1. The van der Waals surface area contributed by atoms with Crippen LogP contribution in [0.3, 0.4) is 0 Å². The maximum atomic E-state index is 11.5. The molecule has 0 aliphatic heterocycles. The van der Waals surface area contributed by atoms with E-state index in [1.165, 1.54) is 0 Å². The summed E-state index contributed by atoms with van der Waals surface area (Å²) in [7, 11) is 0. The molecule has 0 spiro atoms. The Bertz CT molecular complexity index is 401. The summed E-state index contributed by atoms with van der Waals surface area (Å²) in [6.07, 6.45) is 1.68. The van der Waals surface area contributed by atoms with Gasteiger partial charge in [0.05, 0.1) is 6.10 Å². The van der Waals surface area contributed by atoms with Crippen molar-refractivity contribution in [2.24, 2.45) is 5.92 Å². The van der Waals surface area contributed by atoms with Gasteiger partial charge in [0.1, 0.15) is 5.75 Å². The van der Waals surface area contributed by atoms with Crippen molar-refractivity contribution in [3.8, 4) is 5.75 Å². The zero-order chi connectivity index (χ0) is 13.0. The molecule has 0 bridgehead atoms. The lowest BCUT2D eigenvalue weighted by atomic mass is 10.2. The van der Waals surface area contributed by atoms with Crippen molar-refractivity contribution in [3.63, 3.8) is 0 Å². The SMILES string of the molecule is Nc1ccc(OCC(=O)NCC(O)C2CC2)cc1. The third-order valence-corrected chi connectivity index (χ3v) is 2.92. The summed E-state index contributed by atoms with van der Waals surface area (Å²) >= 11 is 0. The Hall–Kier alpha value is -1.75. The first-order valence-electron chi connectivity index (χ1n) is 6.08. The topological polar surface area (TPSA) is 84.6 Å². The fourth-order valence-corrected chi connectivity index (χ4v) is 1.63. The van der Waals surface area contributed by atoms with E-state index < -0.39 is 6.10 Å². The van der Waals surface area contributed by atoms with Gasteiger partial charge in [-0.15, -0.1) is 0 Å². The highest BCUT2D eigenvalue weighted by molar-refractivity contribution is 5.77. The molecule has 0 radical (unpaired) electrons. The summed E-state index contributed by atoms with van der Waals surface area (Å²) in [6.45, 7) is 0.246. The molecule has 1 atom stereocenters. The summed E-state index contributed by atoms with van der Waals surface area (Å²) in [6, 6.07) is 6.84. The van der Waals surface area contributed by atoms with Crippen LogP contribution in [0.25, 0.3) is 0 Å². The lowest BCUT2D eigenvalue weighted by Gasteiger charge is -2.11. The van der Waals surface area contributed by atoms with Crippen LogP contribution in [0, 0.1) is 5.92 Å². The molecule has 0 saturated heterocycles. The molecule has 98 valence electrons. The minimum Gasteiger partial charge on any atom is -0.484 e. The minimum absolute atomic E-state index is 0.0543. The van der Waals surface area contributed by atoms with Crippen LogP contribution in [0.5, 0.6) is 5.75 Å². The van der Waals surface area contributed by atoms with Gasteiger partial charge in [0.25, 0.3) is 5.91 Å². The normalized spacial score (nSPS) is 16.1. The van der Waals surface area contributed by atoms with Crippen molar-refractivity contribution in [1.29, 1.82) is 0 Å². The average molecular weight is 250 g/mol. The summed E-state index contributed by atoms with van der Waals surface area (Å²) in [5, 5.41) is 12.2. The Balaban J connectivity index is 1.66. The highest BCUT2D eigenvalue weighted by Gasteiger charge is 2.29. The van der Waals surface area contributed by atoms with Gasteiger partial charge in [-0.25, -0.2) is 0 Å². The molecular formula is C13H18N2O3. The number of anilines is 1. The lowest BCUT2D eigenvalue weighted by Crippen LogP contribution is -2.36. The number of ether oxygens (including phenoxy) is 1. The van der Waals surface area contributed by atoms with Gasteiger partial charge in [0.2, 0.25) is 0 Å². The van der Waals surface area contributed by atoms with Gasteiger partial charge in [0, 0.05) is 12.2 Å². The maximum absolute atomic E-state index is 11.5. The second kappa shape index (κ2) is 5.73. The maximum Gasteiger partial charge on any atom is 0.258 e. The van der Waals surface area contributed by atoms with Gasteiger partial charge in [-0.2, -0.15) is 0 Å². The minimum atomic E-state index is -0.425. The van der Waals surface area contributed by atoms with Crippen molar-refractivity contribution in [1.82, 2.24) is 5.32 Å². The van der Waals surface area contributed by atoms with E-state index in [0.717, 1.165) is 12.8 Å². The summed E-state index contributed by atoms with van der Waals surface area (Å²) in [4.78, 5) is 11.5. The molecule has 2 rings (SSSR count). The number of nitrogen functional groups attached to an aromatic ring is 1. The van der Waals surface area contributed by atoms with Crippen LogP contribution in [-0.2, 0) is 4.79 Å². The van der Waals surface area contributed by atoms with Gasteiger partial charge in [-0.3, -0.25) is 4.79 Å². The summed E-state index contributed by atoms with van der Waals surface area (Å²) in [5.74, 6) is 0.733. The zero-order valence-corrected chi connectivity index (χ0v) is 10.1. The second-order valence-corrected chi connectivity index (χ2v) is 4.57. The highest BCUT2D eigenvalue weighted by Crippen LogP contribution is 2.32. The Morgan fingerprint density at radius 1 is 1.44 bits per heavy atom. The zero-order valence-electron chi connectivity index (χ0n) is 10.1. The molecule has 5 heteroatoms. The van der Waals surface area contributed by atoms with Crippen LogP contribution < -0.4 is 15.8 Å². The van der Waals surface area contributed by atoms with E-state index in [-0.39, 0.29) is 12.5 Å². The van der Waals surface area contributed by atoms with Gasteiger partial charge >= 0.3 is 0 Å². The monoisotopic (exact) mass is 250 g/mol. The van der Waals surface area contributed by atoms with Crippen molar-refractivity contribution in [2.45, 2.75) is 18.9 Å². The largest absolute Gasteiger partial charge is 0.484 e. The number of nitrogens with one attached hydrogen (secondary N) is 1. The molecule has 4 N–H and O–H groups in total. The fourth-order valence-electron chi connectivity index (χ4n) is 1.63. The molecule has 1 aliphatic carbocycles. The van der Waals surface area contributed by atoms with Crippen molar-refractivity contribution >= 4 is 11.6 Å². The van der Waals surface area contributed by atoms with Crippen LogP contribution >= 0.6 is 0 Å². The van der Waals surface area contributed by atoms with Crippen molar-refractivity contribution < 1.29 is 14.6 Å². The molecule has 1 saturated carbocycles. The first-order chi connectivity index (χ1) is 8.65. The Morgan fingerprint density at radius 2 is 2.11 bits per heavy atom. The number of hydrogen-bond donors (Lipinski definition) is 3. The Kier molecular flexibility index (Phi) is 4.04. The number of aliphatic hydroxyl groups is 1. The van der Waals surface area contributed by atoms with E-state index in [0.29, 0.717) is 23.9 Å².